The number of carboxylic acids is 1. The number of Topliss-reactive ketones (excluding diaryl/α,β-unsaturated/α-hetero) is 1. The van der Waals surface area contributed by atoms with Gasteiger partial charge in [0.05, 0.1) is 6.61 Å². The predicted octanol–water partition coefficient (Wildman–Crippen LogP) is -1.11. The fourth-order valence-electron chi connectivity index (χ4n) is 4.50. The normalized spacial score (nSPS) is 16.2. The van der Waals surface area contributed by atoms with Crippen LogP contribution in [0.1, 0.15) is 53.9 Å². The van der Waals surface area contributed by atoms with Crippen molar-refractivity contribution in [3.63, 3.8) is 0 Å². The number of amides is 3. The Labute approximate surface area is 242 Å². The lowest BCUT2D eigenvalue weighted by Crippen LogP contribution is -2.58. The Bertz CT molecular complexity index is 1310. The minimum atomic E-state index is -1.41. The molecule has 2 heterocycles. The van der Waals surface area contributed by atoms with Gasteiger partial charge < -0.3 is 25.4 Å². The van der Waals surface area contributed by atoms with Crippen LogP contribution in [0.25, 0.3) is 0 Å². The number of hydrogen-bond acceptors (Lipinski definition) is 9. The molecule has 0 aromatic carbocycles. The number of nitrogens with one attached hydrogen (secondary N) is 2. The molecule has 0 spiro atoms. The molecule has 0 bridgehead atoms. The van der Waals surface area contributed by atoms with Crippen LogP contribution in [-0.4, -0.2) is 85.9 Å². The summed E-state index contributed by atoms with van der Waals surface area (Å²) in [7, 11) is 0. The van der Waals surface area contributed by atoms with Crippen molar-refractivity contribution in [2.75, 3.05) is 13.2 Å². The average molecular weight is 594 g/mol. The van der Waals surface area contributed by atoms with Crippen LogP contribution in [0, 0.1) is 11.8 Å². The minimum Gasteiger partial charge on any atom is -0.480 e. The SMILES string of the molecule is CCCOC(=O)C(=O)[C@@H](NC(=O)[C@@H]1CCCN1C(=O)[C@@H](NC(=O)Cn1ccc(=O)n(CC(=O)O)c1=O)C(C)C)C(C)C. The van der Waals surface area contributed by atoms with Gasteiger partial charge in [0.1, 0.15) is 31.2 Å². The van der Waals surface area contributed by atoms with E-state index in [0.717, 1.165) is 16.8 Å². The van der Waals surface area contributed by atoms with Gasteiger partial charge >= 0.3 is 17.6 Å². The number of esters is 1. The topological polar surface area (TPSA) is 203 Å². The molecule has 2 rings (SSSR count). The molecule has 1 aromatic rings. The number of aliphatic carboxylic acids is 1. The van der Waals surface area contributed by atoms with Gasteiger partial charge in [-0.2, -0.15) is 0 Å². The number of carbonyl (C=O) groups is 6. The second-order valence-electron chi connectivity index (χ2n) is 10.8. The van der Waals surface area contributed by atoms with Gasteiger partial charge in [0.2, 0.25) is 17.7 Å². The number of likely N-dealkylation sites (tertiary alicyclic amines) is 1. The number of carbonyl (C=O) groups excluding carboxylic acids is 5. The Morgan fingerprint density at radius 2 is 1.64 bits per heavy atom. The maximum Gasteiger partial charge on any atom is 0.376 e. The molecule has 3 atom stereocenters. The summed E-state index contributed by atoms with van der Waals surface area (Å²) in [6, 6.07) is -2.23. The lowest BCUT2D eigenvalue weighted by Gasteiger charge is -2.31. The molecule has 0 aliphatic carbocycles. The third kappa shape index (κ3) is 8.60. The molecule has 1 aliphatic heterocycles. The van der Waals surface area contributed by atoms with E-state index in [1.165, 1.54) is 4.90 Å². The quantitative estimate of drug-likeness (QED) is 0.175. The van der Waals surface area contributed by atoms with E-state index >= 15 is 0 Å². The number of rotatable bonds is 14. The van der Waals surface area contributed by atoms with Crippen molar-refractivity contribution in [1.82, 2.24) is 24.7 Å². The molecule has 3 N–H and O–H groups in total. The molecule has 0 radical (unpaired) electrons. The van der Waals surface area contributed by atoms with Gasteiger partial charge in [0.15, 0.2) is 0 Å². The van der Waals surface area contributed by atoms with Crippen LogP contribution in [0.3, 0.4) is 0 Å². The van der Waals surface area contributed by atoms with Gasteiger partial charge in [0, 0.05) is 18.8 Å². The van der Waals surface area contributed by atoms with E-state index in [9.17, 15) is 38.4 Å². The standard InChI is InChI=1S/C27H39N5O10/c1-6-12-42-26(40)23(37)21(15(2)3)29-24(38)17-8-7-10-31(17)25(39)22(16(4)5)28-18(33)13-30-11-9-19(34)32(27(30)41)14-20(35)36/h9,11,15-17,21-22H,6-8,10,12-14H2,1-5H3,(H,28,33)(H,29,38)(H,35,36)/t17-,21-,22-/m0/s1. The summed E-state index contributed by atoms with van der Waals surface area (Å²) in [4.78, 5) is 101. The maximum absolute atomic E-state index is 13.6. The van der Waals surface area contributed by atoms with Gasteiger partial charge in [-0.25, -0.2) is 14.2 Å². The molecular formula is C27H39N5O10. The summed E-state index contributed by atoms with van der Waals surface area (Å²) in [5, 5.41) is 14.1. The van der Waals surface area contributed by atoms with Crippen LogP contribution in [-0.2, 0) is 46.6 Å². The highest BCUT2D eigenvalue weighted by Gasteiger charge is 2.40. The first kappa shape index (κ1) is 33.9. The highest BCUT2D eigenvalue weighted by atomic mass is 16.5. The lowest BCUT2D eigenvalue weighted by atomic mass is 9.98. The Hall–Kier alpha value is -4.30. The maximum atomic E-state index is 13.6. The lowest BCUT2D eigenvalue weighted by molar-refractivity contribution is -0.155. The van der Waals surface area contributed by atoms with Crippen molar-refractivity contribution in [1.29, 1.82) is 0 Å². The van der Waals surface area contributed by atoms with E-state index in [1.54, 1.807) is 34.6 Å². The van der Waals surface area contributed by atoms with E-state index in [0.29, 0.717) is 23.8 Å². The Morgan fingerprint density at radius 3 is 2.21 bits per heavy atom. The zero-order chi connectivity index (χ0) is 31.7. The third-order valence-electron chi connectivity index (χ3n) is 6.72. The molecule has 15 heteroatoms. The van der Waals surface area contributed by atoms with Crippen molar-refractivity contribution in [2.24, 2.45) is 11.8 Å². The Kier molecular flexibility index (Phi) is 12.2. The van der Waals surface area contributed by atoms with E-state index in [-0.39, 0.29) is 13.2 Å². The van der Waals surface area contributed by atoms with Gasteiger partial charge in [0.25, 0.3) is 11.3 Å². The van der Waals surface area contributed by atoms with E-state index in [2.05, 4.69) is 10.6 Å². The van der Waals surface area contributed by atoms with E-state index in [4.69, 9.17) is 9.84 Å². The summed E-state index contributed by atoms with van der Waals surface area (Å²) in [6.45, 7) is 7.28. The second kappa shape index (κ2) is 15.1. The Balaban J connectivity index is 2.18. The molecule has 42 heavy (non-hydrogen) atoms. The summed E-state index contributed by atoms with van der Waals surface area (Å²) < 4.78 is 6.23. The van der Waals surface area contributed by atoms with Crippen molar-refractivity contribution >= 4 is 35.4 Å². The highest BCUT2D eigenvalue weighted by Crippen LogP contribution is 2.21. The molecule has 1 fully saturated rings. The molecule has 1 aromatic heterocycles. The molecule has 15 nitrogen and oxygen atoms in total. The van der Waals surface area contributed by atoms with Crippen molar-refractivity contribution in [3.8, 4) is 0 Å². The van der Waals surface area contributed by atoms with Gasteiger partial charge in [-0.15, -0.1) is 0 Å². The van der Waals surface area contributed by atoms with Crippen LogP contribution in [0.5, 0.6) is 0 Å². The van der Waals surface area contributed by atoms with Crippen molar-refractivity contribution in [3.05, 3.63) is 33.1 Å². The van der Waals surface area contributed by atoms with Crippen LogP contribution in [0.15, 0.2) is 21.9 Å². The predicted molar refractivity (Wildman–Crippen MR) is 147 cm³/mol. The van der Waals surface area contributed by atoms with E-state index < -0.39 is 89.7 Å². The number of ether oxygens (including phenoxy) is 1. The monoisotopic (exact) mass is 593 g/mol. The third-order valence-corrected chi connectivity index (χ3v) is 6.72. The molecule has 232 valence electrons. The average Bonchev–Trinajstić information content (AvgIpc) is 3.42. The van der Waals surface area contributed by atoms with Gasteiger partial charge in [-0.1, -0.05) is 34.6 Å². The first-order chi connectivity index (χ1) is 19.7. The Morgan fingerprint density at radius 1 is 1.00 bits per heavy atom. The molecule has 1 saturated heterocycles. The van der Waals surface area contributed by atoms with Gasteiger partial charge in [-0.3, -0.25) is 33.3 Å². The fourth-order valence-corrected chi connectivity index (χ4v) is 4.50. The van der Waals surface area contributed by atoms with E-state index in [1.807, 2.05) is 0 Å². The number of aromatic nitrogens is 2. The van der Waals surface area contributed by atoms with Crippen molar-refractivity contribution < 1.29 is 38.6 Å². The van der Waals surface area contributed by atoms with Crippen LogP contribution < -0.4 is 21.9 Å². The summed E-state index contributed by atoms with van der Waals surface area (Å²) in [5.41, 5.74) is -1.84. The van der Waals surface area contributed by atoms with Crippen LogP contribution in [0.4, 0.5) is 0 Å². The van der Waals surface area contributed by atoms with Crippen molar-refractivity contribution in [2.45, 2.75) is 85.1 Å². The fraction of sp³-hybridized carbons (Fsp3) is 0.630. The largest absolute Gasteiger partial charge is 0.480 e. The first-order valence-electron chi connectivity index (χ1n) is 13.8. The van der Waals surface area contributed by atoms with Crippen LogP contribution >= 0.6 is 0 Å². The number of hydrogen-bond donors (Lipinski definition) is 3. The molecule has 0 unspecified atom stereocenters. The molecule has 1 aliphatic rings. The van der Waals surface area contributed by atoms with Crippen LogP contribution in [0.2, 0.25) is 0 Å². The first-order valence-corrected chi connectivity index (χ1v) is 13.8. The number of nitrogens with zero attached hydrogens (tertiary/aromatic N) is 3. The summed E-state index contributed by atoms with van der Waals surface area (Å²) in [6.07, 6.45) is 2.37. The zero-order valence-electron chi connectivity index (χ0n) is 24.5. The molecule has 3 amide bonds. The molecule has 0 saturated carbocycles. The molecular weight excluding hydrogens is 554 g/mol. The number of ketones is 1. The minimum absolute atomic E-state index is 0.0669. The smallest absolute Gasteiger partial charge is 0.376 e. The summed E-state index contributed by atoms with van der Waals surface area (Å²) >= 11 is 0. The highest BCUT2D eigenvalue weighted by molar-refractivity contribution is 6.36. The van der Waals surface area contributed by atoms with Gasteiger partial charge in [-0.05, 0) is 31.1 Å². The zero-order valence-corrected chi connectivity index (χ0v) is 24.5. The summed E-state index contributed by atoms with van der Waals surface area (Å²) in [5.74, 6) is -6.12. The number of carboxylic acid groups (broad SMARTS) is 1. The second-order valence-corrected chi connectivity index (χ2v) is 10.8.